The van der Waals surface area contributed by atoms with Gasteiger partial charge in [-0.1, -0.05) is 13.8 Å². The predicted molar refractivity (Wildman–Crippen MR) is 84.0 cm³/mol. The van der Waals surface area contributed by atoms with Crippen LogP contribution in [0.2, 0.25) is 0 Å². The van der Waals surface area contributed by atoms with Crippen LogP contribution in [-0.4, -0.2) is 60.0 Å². The van der Waals surface area contributed by atoms with Gasteiger partial charge in [0.2, 0.25) is 0 Å². The van der Waals surface area contributed by atoms with Gasteiger partial charge in [0.1, 0.15) is 0 Å². The zero-order valence-electron chi connectivity index (χ0n) is 14.2. The Bertz CT molecular complexity index is 286. The van der Waals surface area contributed by atoms with E-state index in [9.17, 15) is 5.11 Å². The largest absolute Gasteiger partial charge is 0.395 e. The van der Waals surface area contributed by atoms with Gasteiger partial charge in [0.05, 0.1) is 17.8 Å². The van der Waals surface area contributed by atoms with Crippen LogP contribution in [0.5, 0.6) is 0 Å². The molecular weight excluding hydrogens is 252 g/mol. The van der Waals surface area contributed by atoms with E-state index in [1.807, 2.05) is 0 Å². The highest BCUT2D eigenvalue weighted by atomic mass is 16.5. The number of hydrogen-bond donors (Lipinski definition) is 2. The van der Waals surface area contributed by atoms with Gasteiger partial charge in [-0.2, -0.15) is 0 Å². The number of rotatable bonds is 8. The van der Waals surface area contributed by atoms with E-state index in [-0.39, 0.29) is 17.8 Å². The van der Waals surface area contributed by atoms with Crippen molar-refractivity contribution in [3.63, 3.8) is 0 Å². The van der Waals surface area contributed by atoms with E-state index >= 15 is 0 Å². The Morgan fingerprint density at radius 3 is 2.25 bits per heavy atom. The molecule has 0 aliphatic carbocycles. The zero-order chi connectivity index (χ0) is 15.4. The van der Waals surface area contributed by atoms with Crippen molar-refractivity contribution >= 4 is 0 Å². The summed E-state index contributed by atoms with van der Waals surface area (Å²) in [6, 6.07) is 0.348. The number of aliphatic hydroxyl groups is 1. The third-order valence-electron chi connectivity index (χ3n) is 4.41. The van der Waals surface area contributed by atoms with Crippen LogP contribution in [0.4, 0.5) is 0 Å². The highest BCUT2D eigenvalue weighted by molar-refractivity contribution is 5.06. The molecule has 1 aliphatic heterocycles. The van der Waals surface area contributed by atoms with Crippen LogP contribution in [0.25, 0.3) is 0 Å². The molecular formula is C16H34N2O2. The summed E-state index contributed by atoms with van der Waals surface area (Å²) in [6.45, 7) is 17.0. The Morgan fingerprint density at radius 2 is 1.75 bits per heavy atom. The molecule has 20 heavy (non-hydrogen) atoms. The van der Waals surface area contributed by atoms with Crippen molar-refractivity contribution in [3.8, 4) is 0 Å². The Kier molecular flexibility index (Phi) is 6.45. The lowest BCUT2D eigenvalue weighted by Gasteiger charge is -2.34. The molecule has 0 bridgehead atoms. The molecule has 0 saturated carbocycles. The summed E-state index contributed by atoms with van der Waals surface area (Å²) < 4.78 is 6.32. The van der Waals surface area contributed by atoms with Crippen molar-refractivity contribution < 1.29 is 9.84 Å². The standard InChI is InChI=1S/C16H34N2O2/c1-7-9-18(10-11-19)12-13-14(17-8-2)16(5,6)20-15(13,3)4/h13-14,17,19H,7-12H2,1-6H3. The molecule has 0 aromatic carbocycles. The predicted octanol–water partition coefficient (Wildman–Crippen LogP) is 1.87. The number of nitrogens with zero attached hydrogens (tertiary/aromatic N) is 1. The first-order valence-electron chi connectivity index (χ1n) is 8.05. The highest BCUT2D eigenvalue weighted by Gasteiger charge is 2.53. The maximum absolute atomic E-state index is 9.25. The quantitative estimate of drug-likeness (QED) is 0.715. The molecule has 2 unspecified atom stereocenters. The molecule has 0 aromatic rings. The van der Waals surface area contributed by atoms with E-state index in [0.717, 1.165) is 32.6 Å². The Balaban J connectivity index is 2.86. The minimum absolute atomic E-state index is 0.141. The van der Waals surface area contributed by atoms with Crippen LogP contribution in [0, 0.1) is 5.92 Å². The van der Waals surface area contributed by atoms with Gasteiger partial charge < -0.3 is 20.1 Å². The topological polar surface area (TPSA) is 44.7 Å². The molecule has 4 nitrogen and oxygen atoms in total. The first kappa shape index (κ1) is 17.9. The van der Waals surface area contributed by atoms with Gasteiger partial charge in [-0.25, -0.2) is 0 Å². The van der Waals surface area contributed by atoms with Crippen molar-refractivity contribution in [1.29, 1.82) is 0 Å². The Labute approximate surface area is 124 Å². The number of ether oxygens (including phenoxy) is 1. The SMILES string of the molecule is CCCN(CCO)CC1C(NCC)C(C)(C)OC1(C)C. The van der Waals surface area contributed by atoms with Gasteiger partial charge in [-0.05, 0) is 47.2 Å². The lowest BCUT2D eigenvalue weighted by Crippen LogP contribution is -2.51. The van der Waals surface area contributed by atoms with E-state index in [1.165, 1.54) is 0 Å². The van der Waals surface area contributed by atoms with E-state index in [4.69, 9.17) is 4.74 Å². The van der Waals surface area contributed by atoms with Crippen molar-refractivity contribution in [3.05, 3.63) is 0 Å². The lowest BCUT2D eigenvalue weighted by molar-refractivity contribution is -0.0797. The van der Waals surface area contributed by atoms with Crippen LogP contribution in [0.15, 0.2) is 0 Å². The van der Waals surface area contributed by atoms with E-state index in [1.54, 1.807) is 0 Å². The average Bonchev–Trinajstić information content (AvgIpc) is 2.48. The normalized spacial score (nSPS) is 28.2. The second kappa shape index (κ2) is 7.21. The number of aliphatic hydroxyl groups excluding tert-OH is 1. The smallest absolute Gasteiger partial charge is 0.0790 e. The van der Waals surface area contributed by atoms with Crippen LogP contribution < -0.4 is 5.32 Å². The minimum atomic E-state index is -0.152. The fourth-order valence-corrected chi connectivity index (χ4v) is 3.67. The van der Waals surface area contributed by atoms with Crippen LogP contribution in [0.3, 0.4) is 0 Å². The van der Waals surface area contributed by atoms with Crippen LogP contribution in [0.1, 0.15) is 48.0 Å². The van der Waals surface area contributed by atoms with Gasteiger partial charge in [-0.15, -0.1) is 0 Å². The molecule has 1 heterocycles. The molecule has 1 saturated heterocycles. The maximum Gasteiger partial charge on any atom is 0.0790 e. The van der Waals surface area contributed by atoms with E-state index in [0.29, 0.717) is 12.0 Å². The zero-order valence-corrected chi connectivity index (χ0v) is 14.2. The summed E-state index contributed by atoms with van der Waals surface area (Å²) in [5.74, 6) is 0.426. The molecule has 2 N–H and O–H groups in total. The van der Waals surface area contributed by atoms with Gasteiger partial charge in [-0.3, -0.25) is 0 Å². The van der Waals surface area contributed by atoms with Gasteiger partial charge >= 0.3 is 0 Å². The summed E-state index contributed by atoms with van der Waals surface area (Å²) in [7, 11) is 0. The summed E-state index contributed by atoms with van der Waals surface area (Å²) in [4.78, 5) is 2.36. The van der Waals surface area contributed by atoms with Crippen molar-refractivity contribution in [2.45, 2.75) is 65.2 Å². The molecule has 0 radical (unpaired) electrons. The van der Waals surface area contributed by atoms with E-state index in [2.05, 4.69) is 51.8 Å². The van der Waals surface area contributed by atoms with Crippen LogP contribution >= 0.6 is 0 Å². The maximum atomic E-state index is 9.25. The van der Waals surface area contributed by atoms with Gasteiger partial charge in [0.25, 0.3) is 0 Å². The molecule has 1 rings (SSSR count). The second-order valence-corrected chi connectivity index (χ2v) is 6.98. The van der Waals surface area contributed by atoms with Gasteiger partial charge in [0, 0.05) is 25.0 Å². The number of nitrogens with one attached hydrogen (secondary N) is 1. The highest BCUT2D eigenvalue weighted by Crippen LogP contribution is 2.42. The van der Waals surface area contributed by atoms with Crippen molar-refractivity contribution in [2.75, 3.05) is 32.8 Å². The van der Waals surface area contributed by atoms with E-state index < -0.39 is 0 Å². The summed E-state index contributed by atoms with van der Waals surface area (Å²) in [6.07, 6.45) is 1.11. The lowest BCUT2D eigenvalue weighted by atomic mass is 9.82. The third-order valence-corrected chi connectivity index (χ3v) is 4.41. The van der Waals surface area contributed by atoms with Crippen LogP contribution in [-0.2, 0) is 4.74 Å². The number of likely N-dealkylation sites (N-methyl/N-ethyl adjacent to an activating group) is 1. The monoisotopic (exact) mass is 286 g/mol. The minimum Gasteiger partial charge on any atom is -0.395 e. The van der Waals surface area contributed by atoms with Gasteiger partial charge in [0.15, 0.2) is 0 Å². The molecule has 120 valence electrons. The fraction of sp³-hybridized carbons (Fsp3) is 1.00. The second-order valence-electron chi connectivity index (χ2n) is 6.98. The molecule has 0 aromatic heterocycles. The summed E-state index contributed by atoms with van der Waals surface area (Å²) in [5.41, 5.74) is -0.293. The molecule has 0 spiro atoms. The fourth-order valence-electron chi connectivity index (χ4n) is 3.67. The molecule has 1 fully saturated rings. The average molecular weight is 286 g/mol. The Hall–Kier alpha value is -0.160. The number of hydrogen-bond acceptors (Lipinski definition) is 4. The summed E-state index contributed by atoms with van der Waals surface area (Å²) in [5, 5.41) is 12.9. The first-order chi connectivity index (χ1) is 9.28. The third kappa shape index (κ3) is 4.17. The van der Waals surface area contributed by atoms with Crippen molar-refractivity contribution in [2.24, 2.45) is 5.92 Å². The molecule has 2 atom stereocenters. The summed E-state index contributed by atoms with van der Waals surface area (Å²) >= 11 is 0. The molecule has 1 aliphatic rings. The first-order valence-corrected chi connectivity index (χ1v) is 8.05. The Morgan fingerprint density at radius 1 is 1.10 bits per heavy atom. The molecule has 0 amide bonds. The molecule has 4 heteroatoms. The van der Waals surface area contributed by atoms with Crippen molar-refractivity contribution in [1.82, 2.24) is 10.2 Å².